The van der Waals surface area contributed by atoms with Gasteiger partial charge in [-0.2, -0.15) is 4.98 Å². The number of anilines is 1. The fourth-order valence-electron chi connectivity index (χ4n) is 3.29. The van der Waals surface area contributed by atoms with E-state index in [1.807, 2.05) is 36.4 Å². The van der Waals surface area contributed by atoms with E-state index in [0.29, 0.717) is 23.0 Å². The van der Waals surface area contributed by atoms with Crippen molar-refractivity contribution in [1.82, 2.24) is 14.7 Å². The Balaban J connectivity index is 1.49. The molecule has 0 saturated heterocycles. The maximum absolute atomic E-state index is 12.5. The lowest BCUT2D eigenvalue weighted by Crippen LogP contribution is -2.26. The first kappa shape index (κ1) is 22.0. The van der Waals surface area contributed by atoms with E-state index in [1.165, 1.54) is 22.4 Å². The van der Waals surface area contributed by atoms with Gasteiger partial charge in [-0.15, -0.1) is 0 Å². The second kappa shape index (κ2) is 9.52. The number of hydrogen-bond acceptors (Lipinski definition) is 6. The number of benzene rings is 2. The van der Waals surface area contributed by atoms with Crippen molar-refractivity contribution in [3.8, 4) is 28.6 Å². The fraction of sp³-hybridized carbons (Fsp3) is 0.200. The van der Waals surface area contributed by atoms with E-state index in [4.69, 9.17) is 9.26 Å². The first-order chi connectivity index (χ1) is 15.9. The molecule has 0 aliphatic heterocycles. The summed E-state index contributed by atoms with van der Waals surface area (Å²) in [6, 6.07) is 17.9. The predicted octanol–water partition coefficient (Wildman–Crippen LogP) is 4.34. The minimum absolute atomic E-state index is 0.141. The van der Waals surface area contributed by atoms with E-state index in [0.717, 1.165) is 11.3 Å². The van der Waals surface area contributed by atoms with Gasteiger partial charge < -0.3 is 19.1 Å². The van der Waals surface area contributed by atoms with Gasteiger partial charge in [0.15, 0.2) is 0 Å². The predicted molar refractivity (Wildman–Crippen MR) is 125 cm³/mol. The molecular formula is C25H24N4O4. The molecule has 1 N–H and O–H groups in total. The second-order valence-corrected chi connectivity index (χ2v) is 7.86. The van der Waals surface area contributed by atoms with Crippen LogP contribution in [0.25, 0.3) is 22.8 Å². The van der Waals surface area contributed by atoms with Crippen LogP contribution in [0, 0.1) is 0 Å². The Morgan fingerprint density at radius 3 is 2.39 bits per heavy atom. The van der Waals surface area contributed by atoms with Crippen LogP contribution in [0.3, 0.4) is 0 Å². The standard InChI is InChI=1S/C25H24N4O4/c1-16(2)17-4-9-20(10-5-17)26-22(30)15-29-14-19(8-13-23(29)31)25-27-24(28-33-25)18-6-11-21(32-3)12-7-18/h4-14,16H,15H2,1-3H3,(H,26,30). The highest BCUT2D eigenvalue weighted by Crippen LogP contribution is 2.23. The highest BCUT2D eigenvalue weighted by molar-refractivity contribution is 5.90. The Hall–Kier alpha value is -4.20. The molecule has 2 aromatic carbocycles. The Labute approximate surface area is 190 Å². The highest BCUT2D eigenvalue weighted by Gasteiger charge is 2.13. The van der Waals surface area contributed by atoms with Crippen LogP contribution in [-0.2, 0) is 11.3 Å². The SMILES string of the molecule is COc1ccc(-c2noc(-c3ccc(=O)n(CC(=O)Nc4ccc(C(C)C)cc4)c3)n2)cc1. The van der Waals surface area contributed by atoms with Crippen LogP contribution in [0.15, 0.2) is 76.2 Å². The van der Waals surface area contributed by atoms with Crippen molar-refractivity contribution in [2.24, 2.45) is 0 Å². The van der Waals surface area contributed by atoms with Crippen LogP contribution in [0.5, 0.6) is 5.75 Å². The number of carbonyl (C=O) groups is 1. The number of nitrogens with zero attached hydrogens (tertiary/aromatic N) is 3. The Morgan fingerprint density at radius 1 is 1.03 bits per heavy atom. The van der Waals surface area contributed by atoms with Crippen molar-refractivity contribution in [3.05, 3.63) is 82.8 Å². The molecule has 0 fully saturated rings. The van der Waals surface area contributed by atoms with E-state index in [-0.39, 0.29) is 23.9 Å². The molecule has 0 bridgehead atoms. The van der Waals surface area contributed by atoms with Crippen molar-refractivity contribution in [3.63, 3.8) is 0 Å². The zero-order chi connectivity index (χ0) is 23.4. The summed E-state index contributed by atoms with van der Waals surface area (Å²) in [5.41, 5.74) is 2.86. The van der Waals surface area contributed by atoms with Crippen LogP contribution >= 0.6 is 0 Å². The lowest BCUT2D eigenvalue weighted by atomic mass is 10.0. The zero-order valence-electron chi connectivity index (χ0n) is 18.6. The van der Waals surface area contributed by atoms with E-state index >= 15 is 0 Å². The average Bonchev–Trinajstić information content (AvgIpc) is 3.31. The van der Waals surface area contributed by atoms with Gasteiger partial charge in [-0.3, -0.25) is 9.59 Å². The summed E-state index contributed by atoms with van der Waals surface area (Å²) in [6.45, 7) is 4.07. The molecule has 1 amide bonds. The number of hydrogen-bond donors (Lipinski definition) is 1. The lowest BCUT2D eigenvalue weighted by molar-refractivity contribution is -0.116. The average molecular weight is 444 g/mol. The number of amides is 1. The van der Waals surface area contributed by atoms with Crippen molar-refractivity contribution in [2.75, 3.05) is 12.4 Å². The van der Waals surface area contributed by atoms with Gasteiger partial charge in [-0.25, -0.2) is 0 Å². The molecule has 0 radical (unpaired) electrons. The number of rotatable bonds is 7. The maximum atomic E-state index is 12.5. The molecule has 2 aromatic heterocycles. The van der Waals surface area contributed by atoms with Crippen molar-refractivity contribution < 1.29 is 14.1 Å². The van der Waals surface area contributed by atoms with Crippen LogP contribution in [0.2, 0.25) is 0 Å². The quantitative estimate of drug-likeness (QED) is 0.455. The minimum Gasteiger partial charge on any atom is -0.497 e. The topological polar surface area (TPSA) is 99.3 Å². The van der Waals surface area contributed by atoms with Gasteiger partial charge in [0.05, 0.1) is 12.7 Å². The van der Waals surface area contributed by atoms with Crippen LogP contribution < -0.4 is 15.6 Å². The molecule has 0 unspecified atom stereocenters. The smallest absolute Gasteiger partial charge is 0.259 e. The fourth-order valence-corrected chi connectivity index (χ4v) is 3.29. The van der Waals surface area contributed by atoms with E-state index in [9.17, 15) is 9.59 Å². The minimum atomic E-state index is -0.309. The molecule has 0 aliphatic carbocycles. The molecule has 0 spiro atoms. The molecule has 8 heteroatoms. The summed E-state index contributed by atoms with van der Waals surface area (Å²) >= 11 is 0. The summed E-state index contributed by atoms with van der Waals surface area (Å²) in [5, 5.41) is 6.83. The summed E-state index contributed by atoms with van der Waals surface area (Å²) in [6.07, 6.45) is 1.54. The van der Waals surface area contributed by atoms with Crippen LogP contribution in [0.1, 0.15) is 25.3 Å². The van der Waals surface area contributed by atoms with Gasteiger partial charge in [0.25, 0.3) is 11.4 Å². The highest BCUT2D eigenvalue weighted by atomic mass is 16.5. The van der Waals surface area contributed by atoms with Gasteiger partial charge in [-0.05, 0) is 53.9 Å². The molecule has 33 heavy (non-hydrogen) atoms. The third-order valence-corrected chi connectivity index (χ3v) is 5.18. The third-order valence-electron chi connectivity index (χ3n) is 5.18. The van der Waals surface area contributed by atoms with Crippen molar-refractivity contribution in [2.45, 2.75) is 26.3 Å². The normalized spacial score (nSPS) is 10.9. The van der Waals surface area contributed by atoms with Crippen molar-refractivity contribution >= 4 is 11.6 Å². The molecule has 2 heterocycles. The zero-order valence-corrected chi connectivity index (χ0v) is 18.6. The first-order valence-electron chi connectivity index (χ1n) is 10.5. The van der Waals surface area contributed by atoms with E-state index in [2.05, 4.69) is 29.3 Å². The molecule has 0 aliphatic rings. The van der Waals surface area contributed by atoms with E-state index < -0.39 is 0 Å². The molecular weight excluding hydrogens is 420 g/mol. The first-order valence-corrected chi connectivity index (χ1v) is 10.5. The largest absolute Gasteiger partial charge is 0.497 e. The Morgan fingerprint density at radius 2 is 1.73 bits per heavy atom. The van der Waals surface area contributed by atoms with E-state index in [1.54, 1.807) is 25.3 Å². The third kappa shape index (κ3) is 5.17. The summed E-state index contributed by atoms with van der Waals surface area (Å²) in [5.74, 6) is 1.48. The van der Waals surface area contributed by atoms with Gasteiger partial charge in [-0.1, -0.05) is 31.1 Å². The molecule has 8 nitrogen and oxygen atoms in total. The molecule has 4 rings (SSSR count). The molecule has 0 saturated carbocycles. The molecule has 168 valence electrons. The number of nitrogens with one attached hydrogen (secondary N) is 1. The molecule has 0 atom stereocenters. The van der Waals surface area contributed by atoms with Crippen LogP contribution in [0.4, 0.5) is 5.69 Å². The molecule has 4 aromatic rings. The maximum Gasteiger partial charge on any atom is 0.259 e. The summed E-state index contributed by atoms with van der Waals surface area (Å²) < 4.78 is 11.8. The van der Waals surface area contributed by atoms with Gasteiger partial charge >= 0.3 is 0 Å². The number of aromatic nitrogens is 3. The van der Waals surface area contributed by atoms with Gasteiger partial charge in [0.1, 0.15) is 12.3 Å². The lowest BCUT2D eigenvalue weighted by Gasteiger charge is -2.10. The monoisotopic (exact) mass is 444 g/mol. The summed E-state index contributed by atoms with van der Waals surface area (Å²) in [7, 11) is 1.60. The number of methoxy groups -OCH3 is 1. The number of carbonyl (C=O) groups excluding carboxylic acids is 1. The Kier molecular flexibility index (Phi) is 6.35. The van der Waals surface area contributed by atoms with Gasteiger partial charge in [0, 0.05) is 23.5 Å². The van der Waals surface area contributed by atoms with Gasteiger partial charge in [0.2, 0.25) is 11.7 Å². The summed E-state index contributed by atoms with van der Waals surface area (Å²) in [4.78, 5) is 29.2. The Bertz CT molecular complexity index is 1310. The second-order valence-electron chi connectivity index (χ2n) is 7.86. The number of ether oxygens (including phenoxy) is 1. The van der Waals surface area contributed by atoms with Crippen molar-refractivity contribution in [1.29, 1.82) is 0 Å². The van der Waals surface area contributed by atoms with Crippen LogP contribution in [-0.4, -0.2) is 27.7 Å². The number of pyridine rings is 1.